The van der Waals surface area contributed by atoms with Gasteiger partial charge in [0.1, 0.15) is 0 Å². The van der Waals surface area contributed by atoms with Crippen LogP contribution in [0.5, 0.6) is 0 Å². The maximum absolute atomic E-state index is 11.9. The average Bonchev–Trinajstić information content (AvgIpc) is 2.71. The molecule has 1 aliphatic heterocycles. The Labute approximate surface area is 150 Å². The molecule has 1 aliphatic carbocycles. The topological polar surface area (TPSA) is 64.0 Å². The van der Waals surface area contributed by atoms with Gasteiger partial charge in [0.05, 0.1) is 12.1 Å². The fourth-order valence-electron chi connectivity index (χ4n) is 4.76. The summed E-state index contributed by atoms with van der Waals surface area (Å²) in [6.45, 7) is 11.5. The molecule has 0 spiro atoms. The lowest BCUT2D eigenvalue weighted by molar-refractivity contribution is -0.0824. The van der Waals surface area contributed by atoms with Gasteiger partial charge in [-0.3, -0.25) is 9.80 Å². The molecule has 0 bridgehead atoms. The van der Waals surface area contributed by atoms with E-state index in [9.17, 15) is 15.0 Å². The SMILES string of the molecule is CC(C)(C)N(C(=O)O)C(C)(C)C1CN([C@H]2c3ccccc3C[C@@H]2O)C1. The number of likely N-dealkylation sites (tertiary alicyclic amines) is 1. The number of aliphatic hydroxyl groups excluding tert-OH is 1. The molecule has 0 saturated carbocycles. The van der Waals surface area contributed by atoms with Crippen LogP contribution in [0.4, 0.5) is 4.79 Å². The summed E-state index contributed by atoms with van der Waals surface area (Å²) < 4.78 is 0. The van der Waals surface area contributed by atoms with Crippen LogP contribution >= 0.6 is 0 Å². The van der Waals surface area contributed by atoms with Crippen molar-refractivity contribution in [2.75, 3.05) is 13.1 Å². The van der Waals surface area contributed by atoms with Gasteiger partial charge >= 0.3 is 6.09 Å². The summed E-state index contributed by atoms with van der Waals surface area (Å²) in [5.41, 5.74) is 1.54. The van der Waals surface area contributed by atoms with Crippen molar-refractivity contribution >= 4 is 6.09 Å². The van der Waals surface area contributed by atoms with Crippen molar-refractivity contribution in [1.82, 2.24) is 9.80 Å². The van der Waals surface area contributed by atoms with Crippen molar-refractivity contribution in [3.63, 3.8) is 0 Å². The number of rotatable bonds is 3. The second kappa shape index (κ2) is 5.99. The number of nitrogens with zero attached hydrogens (tertiary/aromatic N) is 2. The third-order valence-corrected chi connectivity index (χ3v) is 5.91. The highest BCUT2D eigenvalue weighted by Crippen LogP contribution is 2.43. The van der Waals surface area contributed by atoms with E-state index in [-0.39, 0.29) is 18.1 Å². The minimum Gasteiger partial charge on any atom is -0.465 e. The standard InChI is InChI=1S/C20H30N2O3/c1-19(2,3)22(18(24)25)20(4,5)14-11-21(12-14)17-15-9-7-6-8-13(15)10-16(17)23/h6-9,14,16-17,23H,10-12H2,1-5H3,(H,24,25)/t16-,17-/m0/s1. The van der Waals surface area contributed by atoms with Crippen LogP contribution in [0.3, 0.4) is 0 Å². The lowest BCUT2D eigenvalue weighted by Gasteiger charge is -2.56. The quantitative estimate of drug-likeness (QED) is 0.882. The summed E-state index contributed by atoms with van der Waals surface area (Å²) in [6, 6.07) is 8.27. The second-order valence-corrected chi connectivity index (χ2v) is 9.01. The molecule has 1 aromatic rings. The predicted molar refractivity (Wildman–Crippen MR) is 97.7 cm³/mol. The van der Waals surface area contributed by atoms with Gasteiger partial charge in [0, 0.05) is 36.5 Å². The van der Waals surface area contributed by atoms with Gasteiger partial charge in [-0.15, -0.1) is 0 Å². The Balaban J connectivity index is 1.75. The summed E-state index contributed by atoms with van der Waals surface area (Å²) in [7, 11) is 0. The molecule has 1 amide bonds. The van der Waals surface area contributed by atoms with Crippen LogP contribution in [0.1, 0.15) is 51.8 Å². The number of hydrogen-bond acceptors (Lipinski definition) is 3. The van der Waals surface area contributed by atoms with Gasteiger partial charge in [0.25, 0.3) is 0 Å². The average molecular weight is 346 g/mol. The minimum absolute atomic E-state index is 0.0381. The largest absolute Gasteiger partial charge is 0.465 e. The minimum atomic E-state index is -0.873. The summed E-state index contributed by atoms with van der Waals surface area (Å²) >= 11 is 0. The zero-order chi connectivity index (χ0) is 18.6. The van der Waals surface area contributed by atoms with Crippen molar-refractivity contribution in [2.45, 2.75) is 64.3 Å². The van der Waals surface area contributed by atoms with Gasteiger partial charge in [0.15, 0.2) is 0 Å². The van der Waals surface area contributed by atoms with Crippen molar-refractivity contribution in [1.29, 1.82) is 0 Å². The smallest absolute Gasteiger partial charge is 0.408 e. The fourth-order valence-corrected chi connectivity index (χ4v) is 4.76. The van der Waals surface area contributed by atoms with Crippen molar-refractivity contribution in [3.05, 3.63) is 35.4 Å². The second-order valence-electron chi connectivity index (χ2n) is 9.01. The van der Waals surface area contributed by atoms with Crippen LogP contribution in [-0.2, 0) is 6.42 Å². The van der Waals surface area contributed by atoms with E-state index in [0.717, 1.165) is 13.1 Å². The van der Waals surface area contributed by atoms with E-state index >= 15 is 0 Å². The zero-order valence-corrected chi connectivity index (χ0v) is 15.9. The zero-order valence-electron chi connectivity index (χ0n) is 15.9. The first-order chi connectivity index (χ1) is 11.5. The molecule has 1 saturated heterocycles. The van der Waals surface area contributed by atoms with Crippen LogP contribution < -0.4 is 0 Å². The van der Waals surface area contributed by atoms with E-state index in [2.05, 4.69) is 17.0 Å². The number of hydrogen-bond donors (Lipinski definition) is 2. The van der Waals surface area contributed by atoms with E-state index in [4.69, 9.17) is 0 Å². The van der Waals surface area contributed by atoms with Crippen molar-refractivity contribution < 1.29 is 15.0 Å². The molecule has 2 N–H and O–H groups in total. The number of carbonyl (C=O) groups is 1. The number of carboxylic acid groups (broad SMARTS) is 1. The van der Waals surface area contributed by atoms with Crippen LogP contribution in [0, 0.1) is 5.92 Å². The maximum atomic E-state index is 11.9. The van der Waals surface area contributed by atoms with Crippen LogP contribution in [0.15, 0.2) is 24.3 Å². The van der Waals surface area contributed by atoms with Crippen LogP contribution in [0.2, 0.25) is 0 Å². The monoisotopic (exact) mass is 346 g/mol. The lowest BCUT2D eigenvalue weighted by Crippen LogP contribution is -2.67. The molecule has 0 aromatic heterocycles. The van der Waals surface area contributed by atoms with Crippen LogP contribution in [-0.4, -0.2) is 56.4 Å². The van der Waals surface area contributed by atoms with Gasteiger partial charge in [-0.1, -0.05) is 24.3 Å². The highest BCUT2D eigenvalue weighted by atomic mass is 16.4. The first kappa shape index (κ1) is 18.2. The fraction of sp³-hybridized carbons (Fsp3) is 0.650. The molecule has 25 heavy (non-hydrogen) atoms. The molecule has 1 aromatic carbocycles. The molecule has 5 nitrogen and oxygen atoms in total. The van der Waals surface area contributed by atoms with Crippen molar-refractivity contribution in [2.24, 2.45) is 5.92 Å². The Morgan fingerprint density at radius 2 is 1.76 bits per heavy atom. The number of amides is 1. The van der Waals surface area contributed by atoms with E-state index in [0.29, 0.717) is 6.42 Å². The molecule has 2 aliphatic rings. The van der Waals surface area contributed by atoms with Crippen LogP contribution in [0.25, 0.3) is 0 Å². The van der Waals surface area contributed by atoms with Gasteiger partial charge in [-0.2, -0.15) is 0 Å². The Kier molecular flexibility index (Phi) is 4.36. The highest BCUT2D eigenvalue weighted by molar-refractivity contribution is 5.67. The molecule has 1 heterocycles. The first-order valence-corrected chi connectivity index (χ1v) is 9.06. The maximum Gasteiger partial charge on any atom is 0.408 e. The third-order valence-electron chi connectivity index (χ3n) is 5.91. The molecule has 3 rings (SSSR count). The summed E-state index contributed by atoms with van der Waals surface area (Å²) in [5.74, 6) is 0.253. The molecule has 5 heteroatoms. The van der Waals surface area contributed by atoms with Gasteiger partial charge < -0.3 is 10.2 Å². The number of fused-ring (bicyclic) bond motifs is 1. The van der Waals surface area contributed by atoms with Gasteiger partial charge in [-0.25, -0.2) is 4.79 Å². The van der Waals surface area contributed by atoms with E-state index in [1.54, 1.807) is 4.90 Å². The summed E-state index contributed by atoms with van der Waals surface area (Å²) in [6.07, 6.45) is -0.545. The third kappa shape index (κ3) is 3.04. The molecule has 0 unspecified atom stereocenters. The Morgan fingerprint density at radius 1 is 1.16 bits per heavy atom. The van der Waals surface area contributed by atoms with E-state index < -0.39 is 17.2 Å². The normalized spacial score (nSPS) is 24.7. The number of aliphatic hydroxyl groups is 1. The number of benzene rings is 1. The Bertz CT molecular complexity index is 659. The molecular formula is C20H30N2O3. The molecule has 138 valence electrons. The summed E-state index contributed by atoms with van der Waals surface area (Å²) in [5, 5.41) is 20.3. The molecule has 2 atom stereocenters. The van der Waals surface area contributed by atoms with E-state index in [1.165, 1.54) is 11.1 Å². The lowest BCUT2D eigenvalue weighted by atomic mass is 9.77. The van der Waals surface area contributed by atoms with Crippen molar-refractivity contribution in [3.8, 4) is 0 Å². The molecular weight excluding hydrogens is 316 g/mol. The molecule has 0 radical (unpaired) electrons. The Hall–Kier alpha value is -1.59. The first-order valence-electron chi connectivity index (χ1n) is 9.06. The Morgan fingerprint density at radius 3 is 2.32 bits per heavy atom. The van der Waals surface area contributed by atoms with Gasteiger partial charge in [-0.05, 0) is 45.7 Å². The predicted octanol–water partition coefficient (Wildman–Crippen LogP) is 3.13. The molecule has 1 fully saturated rings. The summed E-state index contributed by atoms with van der Waals surface area (Å²) in [4.78, 5) is 15.7. The van der Waals surface area contributed by atoms with E-state index in [1.807, 2.05) is 46.8 Å². The van der Waals surface area contributed by atoms with Gasteiger partial charge in [0.2, 0.25) is 0 Å². The highest BCUT2D eigenvalue weighted by Gasteiger charge is 2.51.